The highest BCUT2D eigenvalue weighted by molar-refractivity contribution is 5.91. The quantitative estimate of drug-likeness (QED) is 0.862. The molecule has 0 spiro atoms. The van der Waals surface area contributed by atoms with Gasteiger partial charge in [0, 0.05) is 0 Å². The second-order valence-electron chi connectivity index (χ2n) is 4.45. The van der Waals surface area contributed by atoms with Crippen LogP contribution in [0.3, 0.4) is 0 Å². The average Bonchev–Trinajstić information content (AvgIpc) is 2.86. The Bertz CT molecular complexity index is 533. The smallest absolute Gasteiger partial charge is 0.287 e. The van der Waals surface area contributed by atoms with Crippen LogP contribution in [0, 0.1) is 6.92 Å². The van der Waals surface area contributed by atoms with Crippen LogP contribution in [0.15, 0.2) is 46.9 Å². The molecule has 2 rings (SSSR count). The van der Waals surface area contributed by atoms with Crippen molar-refractivity contribution in [3.05, 3.63) is 59.5 Å². The third kappa shape index (κ3) is 3.69. The molecular formula is C15H17NO3. The van der Waals surface area contributed by atoms with Crippen LogP contribution in [0.25, 0.3) is 0 Å². The Morgan fingerprint density at radius 3 is 2.58 bits per heavy atom. The van der Waals surface area contributed by atoms with E-state index in [0.29, 0.717) is 12.2 Å². The second kappa shape index (κ2) is 6.20. The van der Waals surface area contributed by atoms with Crippen LogP contribution in [-0.4, -0.2) is 23.7 Å². The lowest BCUT2D eigenvalue weighted by Gasteiger charge is -2.15. The minimum atomic E-state index is -0.319. The average molecular weight is 259 g/mol. The van der Waals surface area contributed by atoms with Gasteiger partial charge in [0.05, 0.1) is 12.6 Å². The van der Waals surface area contributed by atoms with Gasteiger partial charge in [-0.2, -0.15) is 0 Å². The molecule has 1 amide bonds. The largest absolute Gasteiger partial charge is 0.456 e. The number of hydrogen-bond acceptors (Lipinski definition) is 3. The van der Waals surface area contributed by atoms with Crippen LogP contribution in [0.2, 0.25) is 0 Å². The molecule has 0 unspecified atom stereocenters. The van der Waals surface area contributed by atoms with E-state index in [-0.39, 0.29) is 24.3 Å². The maximum Gasteiger partial charge on any atom is 0.287 e. The van der Waals surface area contributed by atoms with Crippen LogP contribution >= 0.6 is 0 Å². The van der Waals surface area contributed by atoms with Crippen molar-refractivity contribution < 1.29 is 14.3 Å². The lowest BCUT2D eigenvalue weighted by Crippen LogP contribution is -2.38. The third-order valence-electron chi connectivity index (χ3n) is 2.84. The fourth-order valence-electron chi connectivity index (χ4n) is 1.87. The van der Waals surface area contributed by atoms with Crippen molar-refractivity contribution in [2.45, 2.75) is 19.4 Å². The summed E-state index contributed by atoms with van der Waals surface area (Å²) in [6, 6.07) is 12.8. The molecule has 0 bridgehead atoms. The third-order valence-corrected chi connectivity index (χ3v) is 2.84. The number of benzene rings is 1. The van der Waals surface area contributed by atoms with E-state index in [4.69, 9.17) is 4.42 Å². The maximum absolute atomic E-state index is 11.9. The first-order valence-corrected chi connectivity index (χ1v) is 6.21. The van der Waals surface area contributed by atoms with Gasteiger partial charge in [0.1, 0.15) is 5.76 Å². The Balaban J connectivity index is 1.97. The van der Waals surface area contributed by atoms with Gasteiger partial charge in [0.25, 0.3) is 5.91 Å². The van der Waals surface area contributed by atoms with E-state index in [2.05, 4.69) is 5.32 Å². The van der Waals surface area contributed by atoms with Crippen LogP contribution in [0.5, 0.6) is 0 Å². The molecule has 19 heavy (non-hydrogen) atoms. The fourth-order valence-corrected chi connectivity index (χ4v) is 1.87. The van der Waals surface area contributed by atoms with Gasteiger partial charge >= 0.3 is 0 Å². The van der Waals surface area contributed by atoms with Crippen LogP contribution < -0.4 is 5.32 Å². The van der Waals surface area contributed by atoms with E-state index in [0.717, 1.165) is 5.56 Å². The molecule has 1 aromatic carbocycles. The van der Waals surface area contributed by atoms with Crippen molar-refractivity contribution in [2.75, 3.05) is 6.61 Å². The fraction of sp³-hybridized carbons (Fsp3) is 0.267. The number of carbonyl (C=O) groups excluding carboxylic acids is 1. The van der Waals surface area contributed by atoms with E-state index in [1.54, 1.807) is 19.1 Å². The molecular weight excluding hydrogens is 242 g/mol. The molecule has 0 aliphatic carbocycles. The first-order chi connectivity index (χ1) is 9.19. The first-order valence-electron chi connectivity index (χ1n) is 6.21. The summed E-state index contributed by atoms with van der Waals surface area (Å²) >= 11 is 0. The van der Waals surface area contributed by atoms with Gasteiger partial charge in [-0.1, -0.05) is 30.3 Å². The first kappa shape index (κ1) is 13.4. The summed E-state index contributed by atoms with van der Waals surface area (Å²) in [5.41, 5.74) is 1.07. The number of aryl methyl sites for hydroxylation is 1. The van der Waals surface area contributed by atoms with E-state index < -0.39 is 0 Å². The Labute approximate surface area is 112 Å². The molecule has 2 aromatic rings. The van der Waals surface area contributed by atoms with Crippen molar-refractivity contribution in [2.24, 2.45) is 0 Å². The predicted molar refractivity (Wildman–Crippen MR) is 71.9 cm³/mol. The van der Waals surface area contributed by atoms with Gasteiger partial charge < -0.3 is 14.8 Å². The summed E-state index contributed by atoms with van der Waals surface area (Å²) in [6.07, 6.45) is 0.586. The number of amides is 1. The van der Waals surface area contributed by atoms with E-state index in [1.807, 2.05) is 30.3 Å². The van der Waals surface area contributed by atoms with Gasteiger partial charge in [-0.15, -0.1) is 0 Å². The molecule has 0 saturated carbocycles. The van der Waals surface area contributed by atoms with Crippen LogP contribution in [0.1, 0.15) is 21.9 Å². The van der Waals surface area contributed by atoms with Crippen molar-refractivity contribution >= 4 is 5.91 Å². The maximum atomic E-state index is 11.9. The Kier molecular flexibility index (Phi) is 4.36. The number of aliphatic hydroxyl groups excluding tert-OH is 1. The highest BCUT2D eigenvalue weighted by Crippen LogP contribution is 2.08. The van der Waals surface area contributed by atoms with Gasteiger partial charge in [-0.25, -0.2) is 0 Å². The molecule has 1 heterocycles. The monoisotopic (exact) mass is 259 g/mol. The Morgan fingerprint density at radius 2 is 2.00 bits per heavy atom. The van der Waals surface area contributed by atoms with Crippen molar-refractivity contribution in [1.82, 2.24) is 5.32 Å². The van der Waals surface area contributed by atoms with Gasteiger partial charge in [0.2, 0.25) is 0 Å². The lowest BCUT2D eigenvalue weighted by atomic mass is 10.1. The van der Waals surface area contributed by atoms with E-state index in [1.165, 1.54) is 0 Å². The number of hydrogen-bond donors (Lipinski definition) is 2. The molecule has 4 heteroatoms. The minimum Gasteiger partial charge on any atom is -0.456 e. The summed E-state index contributed by atoms with van der Waals surface area (Å²) in [5.74, 6) is 0.654. The van der Waals surface area contributed by atoms with Crippen LogP contribution in [-0.2, 0) is 6.42 Å². The minimum absolute atomic E-state index is 0.111. The lowest BCUT2D eigenvalue weighted by molar-refractivity contribution is 0.0887. The second-order valence-corrected chi connectivity index (χ2v) is 4.45. The molecule has 100 valence electrons. The number of aliphatic hydroxyl groups is 1. The number of rotatable bonds is 5. The zero-order valence-corrected chi connectivity index (χ0v) is 10.8. The zero-order chi connectivity index (χ0) is 13.7. The molecule has 1 aromatic heterocycles. The topological polar surface area (TPSA) is 62.5 Å². The Morgan fingerprint density at radius 1 is 1.26 bits per heavy atom. The molecule has 0 aliphatic heterocycles. The van der Waals surface area contributed by atoms with E-state index >= 15 is 0 Å². The normalized spacial score (nSPS) is 12.1. The van der Waals surface area contributed by atoms with Gasteiger partial charge in [-0.05, 0) is 31.0 Å². The molecule has 1 atom stereocenters. The summed E-state index contributed by atoms with van der Waals surface area (Å²) in [4.78, 5) is 11.9. The molecule has 4 nitrogen and oxygen atoms in total. The standard InChI is InChI=1S/C15H17NO3/c1-11-7-8-14(19-11)15(18)16-13(10-17)9-12-5-3-2-4-6-12/h2-8,13,17H,9-10H2,1H3,(H,16,18)/t13-/m0/s1. The highest BCUT2D eigenvalue weighted by Gasteiger charge is 2.15. The van der Waals surface area contributed by atoms with Crippen molar-refractivity contribution in [3.8, 4) is 0 Å². The summed E-state index contributed by atoms with van der Waals surface area (Å²) in [7, 11) is 0. The number of furan rings is 1. The molecule has 0 radical (unpaired) electrons. The summed E-state index contributed by atoms with van der Waals surface area (Å²) in [6.45, 7) is 1.67. The predicted octanol–water partition coefficient (Wildman–Crippen LogP) is 1.92. The molecule has 0 fully saturated rings. The van der Waals surface area contributed by atoms with Crippen molar-refractivity contribution in [3.63, 3.8) is 0 Å². The SMILES string of the molecule is Cc1ccc(C(=O)N[C@H](CO)Cc2ccccc2)o1. The summed E-state index contributed by atoms with van der Waals surface area (Å²) in [5, 5.41) is 12.1. The Hall–Kier alpha value is -2.07. The number of carbonyl (C=O) groups is 1. The van der Waals surface area contributed by atoms with Crippen molar-refractivity contribution in [1.29, 1.82) is 0 Å². The van der Waals surface area contributed by atoms with E-state index in [9.17, 15) is 9.90 Å². The molecule has 0 aliphatic rings. The van der Waals surface area contributed by atoms with Gasteiger partial charge in [-0.3, -0.25) is 4.79 Å². The zero-order valence-electron chi connectivity index (χ0n) is 10.8. The van der Waals surface area contributed by atoms with Crippen LogP contribution in [0.4, 0.5) is 0 Å². The summed E-state index contributed by atoms with van der Waals surface area (Å²) < 4.78 is 5.25. The highest BCUT2D eigenvalue weighted by atomic mass is 16.3. The number of nitrogens with one attached hydrogen (secondary N) is 1. The van der Waals surface area contributed by atoms with Gasteiger partial charge in [0.15, 0.2) is 5.76 Å². The molecule has 2 N–H and O–H groups in total. The molecule has 0 saturated heterocycles.